The Morgan fingerprint density at radius 3 is 2.75 bits per heavy atom. The van der Waals surface area contributed by atoms with Gasteiger partial charge in [0, 0.05) is 58.7 Å². The first-order valence-electron chi connectivity index (χ1n) is 14.6. The Morgan fingerprint density at radius 2 is 1.91 bits per heavy atom. The van der Waals surface area contributed by atoms with Gasteiger partial charge in [0.25, 0.3) is 0 Å². The van der Waals surface area contributed by atoms with Crippen LogP contribution in [0.15, 0.2) is 61.2 Å². The minimum atomic E-state index is -0.706. The Bertz CT molecular complexity index is 1870. The molecule has 0 radical (unpaired) electrons. The third kappa shape index (κ3) is 4.77. The summed E-state index contributed by atoms with van der Waals surface area (Å²) in [7, 11) is 5.75. The number of halogens is 2. The lowest BCUT2D eigenvalue weighted by atomic mass is 10.1. The molecule has 13 heteroatoms. The molecule has 0 spiro atoms. The molecule has 1 saturated heterocycles. The number of fused-ring (bicyclic) bond motifs is 6. The number of anilines is 4. The molecule has 4 bridgehead atoms. The van der Waals surface area contributed by atoms with Crippen LogP contribution in [0.25, 0.3) is 16.9 Å². The van der Waals surface area contributed by atoms with E-state index in [-0.39, 0.29) is 17.5 Å². The van der Waals surface area contributed by atoms with Crippen molar-refractivity contribution in [2.24, 2.45) is 7.05 Å². The van der Waals surface area contributed by atoms with E-state index < -0.39 is 17.7 Å². The number of aromatic nitrogens is 6. The number of imidazole rings is 1. The van der Waals surface area contributed by atoms with Gasteiger partial charge in [-0.3, -0.25) is 13.9 Å². The van der Waals surface area contributed by atoms with E-state index in [2.05, 4.69) is 20.4 Å². The van der Waals surface area contributed by atoms with E-state index in [0.717, 1.165) is 36.1 Å². The summed E-state index contributed by atoms with van der Waals surface area (Å²) in [6, 6.07) is 8.66. The van der Waals surface area contributed by atoms with Crippen LogP contribution in [-0.2, 0) is 18.3 Å². The second kappa shape index (κ2) is 10.9. The number of amides is 1. The molecule has 1 amide bonds. The SMILES string of the molecule is CN1CCCc2c(cnn2C)N(C)c2cccc(n2)N[C@H]2C[C@@H](C1=O)N(c1nccn3c(-c4ccc(F)cc4F)ncc13)C2. The zero-order chi connectivity index (χ0) is 30.5. The van der Waals surface area contributed by atoms with E-state index in [1.807, 2.05) is 60.0 Å². The van der Waals surface area contributed by atoms with Gasteiger partial charge in [-0.2, -0.15) is 5.10 Å². The average molecular weight is 599 g/mol. The van der Waals surface area contributed by atoms with Crippen molar-refractivity contribution in [2.45, 2.75) is 31.3 Å². The second-order valence-electron chi connectivity index (χ2n) is 11.4. The molecule has 6 heterocycles. The molecule has 11 nitrogen and oxygen atoms in total. The van der Waals surface area contributed by atoms with Crippen molar-refractivity contribution in [3.8, 4) is 11.4 Å². The summed E-state index contributed by atoms with van der Waals surface area (Å²) >= 11 is 0. The average Bonchev–Trinajstić information content (AvgIpc) is 3.73. The van der Waals surface area contributed by atoms with E-state index >= 15 is 0 Å². The largest absolute Gasteiger partial charge is 0.365 e. The van der Waals surface area contributed by atoms with Crippen molar-refractivity contribution < 1.29 is 13.6 Å². The van der Waals surface area contributed by atoms with Crippen molar-refractivity contribution in [2.75, 3.05) is 42.3 Å². The van der Waals surface area contributed by atoms with Crippen LogP contribution in [0.2, 0.25) is 0 Å². The molecule has 2 aliphatic heterocycles. The normalized spacial score (nSPS) is 19.1. The minimum absolute atomic E-state index is 0.0126. The maximum atomic E-state index is 14.7. The molecular weight excluding hydrogens is 566 g/mol. The lowest BCUT2D eigenvalue weighted by Crippen LogP contribution is -2.45. The van der Waals surface area contributed by atoms with Gasteiger partial charge in [-0.05, 0) is 43.5 Å². The number of nitrogens with one attached hydrogen (secondary N) is 1. The Hall–Kier alpha value is -5.07. The van der Waals surface area contributed by atoms with Gasteiger partial charge in [-0.15, -0.1) is 0 Å². The molecule has 1 aromatic carbocycles. The van der Waals surface area contributed by atoms with Crippen molar-refractivity contribution in [3.05, 3.63) is 78.5 Å². The van der Waals surface area contributed by atoms with Gasteiger partial charge in [0.15, 0.2) is 5.82 Å². The molecular formula is C31H32F2N10O. The van der Waals surface area contributed by atoms with E-state index in [0.29, 0.717) is 42.5 Å². The molecule has 226 valence electrons. The number of hydrogen-bond donors (Lipinski definition) is 1. The monoisotopic (exact) mass is 598 g/mol. The second-order valence-corrected chi connectivity index (χ2v) is 11.4. The number of pyridine rings is 1. The van der Waals surface area contributed by atoms with Crippen LogP contribution in [0, 0.1) is 11.6 Å². The number of benzene rings is 1. The molecule has 4 aromatic heterocycles. The molecule has 0 unspecified atom stereocenters. The van der Waals surface area contributed by atoms with E-state index in [1.165, 1.54) is 12.1 Å². The highest BCUT2D eigenvalue weighted by molar-refractivity contribution is 5.88. The van der Waals surface area contributed by atoms with Gasteiger partial charge in [0.05, 0.1) is 29.3 Å². The number of hydrogen-bond acceptors (Lipinski definition) is 8. The van der Waals surface area contributed by atoms with Gasteiger partial charge in [0.1, 0.15) is 40.7 Å². The molecule has 1 fully saturated rings. The van der Waals surface area contributed by atoms with Gasteiger partial charge in [-0.1, -0.05) is 6.07 Å². The molecule has 1 N–H and O–H groups in total. The number of aryl methyl sites for hydroxylation is 1. The van der Waals surface area contributed by atoms with Gasteiger partial charge in [-0.25, -0.2) is 23.7 Å². The Labute approximate surface area is 252 Å². The zero-order valence-electron chi connectivity index (χ0n) is 24.7. The summed E-state index contributed by atoms with van der Waals surface area (Å²) in [4.78, 5) is 33.9. The highest BCUT2D eigenvalue weighted by Crippen LogP contribution is 2.34. The van der Waals surface area contributed by atoms with Crippen LogP contribution < -0.4 is 15.1 Å². The first-order chi connectivity index (χ1) is 21.3. The maximum absolute atomic E-state index is 14.7. The fourth-order valence-corrected chi connectivity index (χ4v) is 6.31. The lowest BCUT2D eigenvalue weighted by Gasteiger charge is -2.29. The van der Waals surface area contributed by atoms with Crippen LogP contribution >= 0.6 is 0 Å². The quantitative estimate of drug-likeness (QED) is 0.325. The summed E-state index contributed by atoms with van der Waals surface area (Å²) in [5.41, 5.74) is 2.84. The topological polar surface area (TPSA) is 99.7 Å². The predicted molar refractivity (Wildman–Crippen MR) is 163 cm³/mol. The number of carbonyl (C=O) groups is 1. The van der Waals surface area contributed by atoms with Gasteiger partial charge in [0.2, 0.25) is 5.91 Å². The zero-order valence-corrected chi connectivity index (χ0v) is 24.7. The van der Waals surface area contributed by atoms with Crippen molar-refractivity contribution >= 4 is 34.6 Å². The number of nitrogens with zero attached hydrogens (tertiary/aromatic N) is 9. The van der Waals surface area contributed by atoms with Gasteiger partial charge < -0.3 is 20.0 Å². The van der Waals surface area contributed by atoms with Crippen LogP contribution in [-0.4, -0.2) is 79.2 Å². The van der Waals surface area contributed by atoms with Gasteiger partial charge >= 0.3 is 0 Å². The van der Waals surface area contributed by atoms with Crippen LogP contribution in [0.3, 0.4) is 0 Å². The van der Waals surface area contributed by atoms with Crippen LogP contribution in [0.5, 0.6) is 0 Å². The fourth-order valence-electron chi connectivity index (χ4n) is 6.31. The maximum Gasteiger partial charge on any atom is 0.245 e. The van der Waals surface area contributed by atoms with Crippen LogP contribution in [0.4, 0.5) is 31.9 Å². The Kier molecular flexibility index (Phi) is 6.87. The summed E-state index contributed by atoms with van der Waals surface area (Å²) < 4.78 is 32.0. The van der Waals surface area contributed by atoms with Crippen molar-refractivity contribution in [3.63, 3.8) is 0 Å². The first-order valence-corrected chi connectivity index (χ1v) is 14.6. The summed E-state index contributed by atoms with van der Waals surface area (Å²) in [5, 5.41) is 8.04. The fraction of sp³-hybridized carbons (Fsp3) is 0.323. The lowest BCUT2D eigenvalue weighted by molar-refractivity contribution is -0.131. The van der Waals surface area contributed by atoms with Crippen molar-refractivity contribution in [1.82, 2.24) is 34.0 Å². The minimum Gasteiger partial charge on any atom is -0.365 e. The molecule has 0 aliphatic carbocycles. The van der Waals surface area contributed by atoms with E-state index in [1.54, 1.807) is 27.9 Å². The molecule has 44 heavy (non-hydrogen) atoms. The van der Waals surface area contributed by atoms with E-state index in [9.17, 15) is 13.6 Å². The highest BCUT2D eigenvalue weighted by Gasteiger charge is 2.40. The third-order valence-corrected chi connectivity index (χ3v) is 8.58. The Morgan fingerprint density at radius 1 is 1.05 bits per heavy atom. The standard InChI is InChI=1S/C31H32F2N10O/c1-39-12-5-6-23-25(17-36-41(23)3)40(2)28-8-4-7-27(38-28)37-20-15-24(31(39)44)43(18-20)30-26-16-35-29(42(26)13-11-34-30)21-10-9-19(32)14-22(21)33/h4,7-11,13-14,16-17,20,24H,5-6,12,15,18H2,1-3H3,(H,37,38)/t20-,24-/m0/s1. The molecule has 2 atom stereocenters. The number of likely N-dealkylation sites (N-methyl/N-ethyl adjacent to an activating group) is 1. The van der Waals surface area contributed by atoms with Crippen molar-refractivity contribution in [1.29, 1.82) is 0 Å². The summed E-state index contributed by atoms with van der Waals surface area (Å²) in [6.45, 7) is 1.05. The molecule has 0 saturated carbocycles. The predicted octanol–water partition coefficient (Wildman–Crippen LogP) is 4.03. The first kappa shape index (κ1) is 27.7. The molecule has 2 aliphatic rings. The number of carbonyl (C=O) groups excluding carboxylic acids is 1. The smallest absolute Gasteiger partial charge is 0.245 e. The molecule has 5 aromatic rings. The Balaban J connectivity index is 1.27. The number of rotatable bonds is 2. The summed E-state index contributed by atoms with van der Waals surface area (Å²) in [5.74, 6) is 0.991. The third-order valence-electron chi connectivity index (χ3n) is 8.58. The van der Waals surface area contributed by atoms with E-state index in [4.69, 9.17) is 4.98 Å². The van der Waals surface area contributed by atoms with Crippen LogP contribution in [0.1, 0.15) is 18.5 Å². The molecule has 7 rings (SSSR count). The summed E-state index contributed by atoms with van der Waals surface area (Å²) in [6.07, 6.45) is 8.80. The highest BCUT2D eigenvalue weighted by atomic mass is 19.1.